The second-order valence-electron chi connectivity index (χ2n) is 16.7. The number of furan rings is 1. The summed E-state index contributed by atoms with van der Waals surface area (Å²) >= 11 is 0. The third kappa shape index (κ3) is 5.69. The topological polar surface area (TPSA) is 29.3 Å². The fourth-order valence-corrected chi connectivity index (χ4v) is 9.72. The predicted molar refractivity (Wildman–Crippen MR) is 255 cm³/mol. The van der Waals surface area contributed by atoms with Crippen molar-refractivity contribution in [2.45, 2.75) is 19.3 Å². The Kier molecular flexibility index (Phi) is 7.88. The number of fused-ring (bicyclic) bond motifs is 8. The van der Waals surface area contributed by atoms with Gasteiger partial charge in [0, 0.05) is 38.5 Å². The van der Waals surface area contributed by atoms with E-state index < -0.39 is 0 Å². The van der Waals surface area contributed by atoms with Crippen LogP contribution in [0.15, 0.2) is 211 Å². The summed E-state index contributed by atoms with van der Waals surface area (Å²) in [4.78, 5) is 7.53. The Labute approximate surface area is 354 Å². The summed E-state index contributed by atoms with van der Waals surface area (Å²) < 4.78 is 6.60. The van der Waals surface area contributed by atoms with Crippen LogP contribution in [0.4, 0.5) is 17.1 Å². The molecule has 0 N–H and O–H groups in total. The van der Waals surface area contributed by atoms with Gasteiger partial charge in [-0.05, 0) is 110 Å². The van der Waals surface area contributed by atoms with Crippen LogP contribution in [0.25, 0.3) is 88.3 Å². The lowest BCUT2D eigenvalue weighted by Gasteiger charge is -2.26. The molecule has 11 aromatic rings. The molecule has 0 saturated carbocycles. The highest BCUT2D eigenvalue weighted by Crippen LogP contribution is 2.50. The van der Waals surface area contributed by atoms with Crippen molar-refractivity contribution >= 4 is 60.7 Å². The van der Waals surface area contributed by atoms with Gasteiger partial charge in [0.1, 0.15) is 5.58 Å². The Morgan fingerprint density at radius 3 is 1.95 bits per heavy atom. The zero-order valence-corrected chi connectivity index (χ0v) is 33.9. The average Bonchev–Trinajstić information content (AvgIpc) is 3.81. The van der Waals surface area contributed by atoms with Gasteiger partial charge in [-0.25, -0.2) is 4.98 Å². The molecule has 0 bridgehead atoms. The lowest BCUT2D eigenvalue weighted by Crippen LogP contribution is -2.14. The number of pyridine rings is 1. The Morgan fingerprint density at radius 2 is 1.08 bits per heavy atom. The number of anilines is 3. The van der Waals surface area contributed by atoms with Crippen LogP contribution >= 0.6 is 0 Å². The number of aromatic nitrogens is 1. The monoisotopic (exact) mass is 780 g/mol. The summed E-state index contributed by atoms with van der Waals surface area (Å²) in [5.74, 6) is 0. The minimum atomic E-state index is -0.0380. The van der Waals surface area contributed by atoms with E-state index in [4.69, 9.17) is 9.40 Å². The minimum absolute atomic E-state index is 0.0380. The van der Waals surface area contributed by atoms with Crippen LogP contribution in [0.5, 0.6) is 0 Å². The standard InChI is InChI=1S/C58H40N2O/c1-58(2)51-18-8-5-14-45(51)46-33-29-42(35-52(46)58)38-22-24-39(25-23-38)50-36-54(59-53-19-9-6-15-47(50)53)40-27-30-43(31-28-40)60(44-32-26-37-12-3-4-13-41(37)34-44)55-20-11-17-49-48-16-7-10-21-56(48)61-57(49)55/h3-36H,1-2H3. The van der Waals surface area contributed by atoms with Gasteiger partial charge >= 0.3 is 0 Å². The van der Waals surface area contributed by atoms with Crippen LogP contribution in [0.3, 0.4) is 0 Å². The Hall–Kier alpha value is -7.75. The van der Waals surface area contributed by atoms with Crippen LogP contribution in [-0.2, 0) is 5.41 Å². The van der Waals surface area contributed by atoms with Gasteiger partial charge in [0.15, 0.2) is 5.58 Å². The highest BCUT2D eigenvalue weighted by atomic mass is 16.3. The van der Waals surface area contributed by atoms with Crippen molar-refractivity contribution in [1.29, 1.82) is 0 Å². The van der Waals surface area contributed by atoms with Crippen LogP contribution in [0, 0.1) is 0 Å². The van der Waals surface area contributed by atoms with Gasteiger partial charge in [0.25, 0.3) is 0 Å². The van der Waals surface area contributed by atoms with Gasteiger partial charge in [-0.3, -0.25) is 0 Å². The second-order valence-corrected chi connectivity index (χ2v) is 16.7. The van der Waals surface area contributed by atoms with E-state index in [1.54, 1.807) is 0 Å². The molecule has 61 heavy (non-hydrogen) atoms. The Balaban J connectivity index is 0.927. The van der Waals surface area contributed by atoms with E-state index in [9.17, 15) is 0 Å². The van der Waals surface area contributed by atoms with Crippen molar-refractivity contribution in [3.8, 4) is 44.6 Å². The third-order valence-electron chi connectivity index (χ3n) is 12.9. The van der Waals surface area contributed by atoms with Gasteiger partial charge in [-0.1, -0.05) is 166 Å². The first kappa shape index (κ1) is 35.2. The molecule has 3 heteroatoms. The van der Waals surface area contributed by atoms with E-state index in [2.05, 4.69) is 213 Å². The highest BCUT2D eigenvalue weighted by Gasteiger charge is 2.35. The summed E-state index contributed by atoms with van der Waals surface area (Å²) in [5.41, 5.74) is 18.0. The number of para-hydroxylation sites is 3. The summed E-state index contributed by atoms with van der Waals surface area (Å²) in [6.45, 7) is 4.68. The van der Waals surface area contributed by atoms with Crippen LogP contribution in [0.2, 0.25) is 0 Å². The fraction of sp³-hybridized carbons (Fsp3) is 0.0517. The average molecular weight is 781 g/mol. The first-order valence-electron chi connectivity index (χ1n) is 21.0. The molecule has 9 aromatic carbocycles. The normalized spacial score (nSPS) is 12.9. The molecule has 0 spiro atoms. The molecule has 0 saturated heterocycles. The predicted octanol–water partition coefficient (Wildman–Crippen LogP) is 16.1. The molecule has 2 aromatic heterocycles. The molecular formula is C58H40N2O. The van der Waals surface area contributed by atoms with E-state index in [0.717, 1.165) is 72.3 Å². The van der Waals surface area contributed by atoms with Crippen LogP contribution in [0.1, 0.15) is 25.0 Å². The van der Waals surface area contributed by atoms with E-state index >= 15 is 0 Å². The summed E-state index contributed by atoms with van der Waals surface area (Å²) in [6.07, 6.45) is 0. The summed E-state index contributed by atoms with van der Waals surface area (Å²) in [7, 11) is 0. The molecule has 0 unspecified atom stereocenters. The molecule has 0 amide bonds. The van der Waals surface area contributed by atoms with Gasteiger partial charge < -0.3 is 9.32 Å². The molecule has 1 aliphatic carbocycles. The number of benzene rings is 9. The SMILES string of the molecule is CC1(C)c2ccccc2-c2ccc(-c3ccc(-c4cc(-c5ccc(N(c6ccc7ccccc7c6)c6cccc7c6oc6ccccc67)cc5)nc5ccccc45)cc3)cc21. The molecule has 0 radical (unpaired) electrons. The summed E-state index contributed by atoms with van der Waals surface area (Å²) in [6, 6.07) is 74.2. The van der Waals surface area contributed by atoms with E-state index in [1.807, 2.05) is 12.1 Å². The molecular weight excluding hydrogens is 741 g/mol. The zero-order valence-electron chi connectivity index (χ0n) is 33.9. The highest BCUT2D eigenvalue weighted by molar-refractivity contribution is 6.10. The maximum atomic E-state index is 6.60. The maximum absolute atomic E-state index is 6.60. The van der Waals surface area contributed by atoms with Gasteiger partial charge in [0.05, 0.1) is 16.9 Å². The second kappa shape index (κ2) is 13.7. The maximum Gasteiger partial charge on any atom is 0.159 e. The van der Waals surface area contributed by atoms with E-state index in [0.29, 0.717) is 0 Å². The van der Waals surface area contributed by atoms with Gasteiger partial charge in [-0.2, -0.15) is 0 Å². The van der Waals surface area contributed by atoms with Crippen LogP contribution < -0.4 is 4.90 Å². The smallest absolute Gasteiger partial charge is 0.159 e. The first-order valence-corrected chi connectivity index (χ1v) is 21.0. The molecule has 288 valence electrons. The number of hydrogen-bond donors (Lipinski definition) is 0. The van der Waals surface area contributed by atoms with Crippen molar-refractivity contribution in [2.75, 3.05) is 4.90 Å². The van der Waals surface area contributed by atoms with Crippen molar-refractivity contribution in [3.63, 3.8) is 0 Å². The van der Waals surface area contributed by atoms with Crippen molar-refractivity contribution in [1.82, 2.24) is 4.98 Å². The molecule has 0 fully saturated rings. The molecule has 0 aliphatic heterocycles. The molecule has 1 aliphatic rings. The first-order chi connectivity index (χ1) is 30.0. The van der Waals surface area contributed by atoms with Crippen molar-refractivity contribution < 1.29 is 4.42 Å². The Bertz CT molecular complexity index is 3500. The summed E-state index contributed by atoms with van der Waals surface area (Å²) in [5, 5.41) is 5.73. The number of hydrogen-bond acceptors (Lipinski definition) is 3. The third-order valence-corrected chi connectivity index (χ3v) is 12.9. The van der Waals surface area contributed by atoms with Gasteiger partial charge in [-0.15, -0.1) is 0 Å². The van der Waals surface area contributed by atoms with Crippen molar-refractivity contribution in [3.05, 3.63) is 217 Å². The number of nitrogens with zero attached hydrogens (tertiary/aromatic N) is 2. The van der Waals surface area contributed by atoms with Crippen LogP contribution in [-0.4, -0.2) is 4.98 Å². The minimum Gasteiger partial charge on any atom is -0.454 e. The lowest BCUT2D eigenvalue weighted by molar-refractivity contribution is 0.660. The molecule has 0 atom stereocenters. The fourth-order valence-electron chi connectivity index (χ4n) is 9.72. The van der Waals surface area contributed by atoms with E-state index in [1.165, 1.54) is 44.2 Å². The van der Waals surface area contributed by atoms with Gasteiger partial charge in [0.2, 0.25) is 0 Å². The zero-order chi connectivity index (χ0) is 40.7. The number of rotatable bonds is 6. The lowest BCUT2D eigenvalue weighted by atomic mass is 9.81. The molecule has 3 nitrogen and oxygen atoms in total. The van der Waals surface area contributed by atoms with E-state index in [-0.39, 0.29) is 5.41 Å². The quantitative estimate of drug-likeness (QED) is 0.168. The Morgan fingerprint density at radius 1 is 0.426 bits per heavy atom. The molecule has 12 rings (SSSR count). The van der Waals surface area contributed by atoms with Crippen molar-refractivity contribution in [2.24, 2.45) is 0 Å². The molecule has 2 heterocycles. The largest absolute Gasteiger partial charge is 0.454 e.